The highest BCUT2D eigenvalue weighted by Gasteiger charge is 1.98. The monoisotopic (exact) mass is 161 g/mol. The molecule has 0 aliphatic rings. The molecule has 2 aromatic rings. The summed E-state index contributed by atoms with van der Waals surface area (Å²) in [5.74, 6) is 0.224. The van der Waals surface area contributed by atoms with E-state index in [9.17, 15) is 0 Å². The zero-order valence-corrected chi connectivity index (χ0v) is 6.52. The third kappa shape index (κ3) is 1.05. The van der Waals surface area contributed by atoms with Crippen molar-refractivity contribution in [1.29, 1.82) is 0 Å². The van der Waals surface area contributed by atoms with E-state index >= 15 is 0 Å². The van der Waals surface area contributed by atoms with Gasteiger partial charge in [0.1, 0.15) is 5.52 Å². The van der Waals surface area contributed by atoms with E-state index in [4.69, 9.17) is 5.73 Å². The maximum Gasteiger partial charge on any atom is 0.222 e. The molecule has 0 bridgehead atoms. The third-order valence-corrected chi connectivity index (χ3v) is 1.44. The fourth-order valence-electron chi connectivity index (χ4n) is 0.912. The van der Waals surface area contributed by atoms with E-state index in [0.29, 0.717) is 11.2 Å². The Labute approximate surface area is 68.7 Å². The van der Waals surface area contributed by atoms with E-state index in [1.807, 2.05) is 6.92 Å². The first-order valence-electron chi connectivity index (χ1n) is 3.47. The third-order valence-electron chi connectivity index (χ3n) is 1.44. The second-order valence-corrected chi connectivity index (χ2v) is 2.45. The number of hydrogen-bond acceptors (Lipinski definition) is 5. The van der Waals surface area contributed by atoms with Gasteiger partial charge in [0, 0.05) is 6.20 Å². The molecule has 2 aromatic heterocycles. The van der Waals surface area contributed by atoms with Crippen LogP contribution in [0.5, 0.6) is 0 Å². The molecular weight excluding hydrogens is 154 g/mol. The van der Waals surface area contributed by atoms with E-state index in [1.165, 1.54) is 0 Å². The van der Waals surface area contributed by atoms with Gasteiger partial charge in [-0.2, -0.15) is 4.98 Å². The van der Waals surface area contributed by atoms with Gasteiger partial charge < -0.3 is 5.73 Å². The highest BCUT2D eigenvalue weighted by atomic mass is 15.0. The van der Waals surface area contributed by atoms with E-state index in [0.717, 1.165) is 5.69 Å². The molecular formula is C7H7N5. The molecule has 0 saturated carbocycles. The van der Waals surface area contributed by atoms with Crippen molar-refractivity contribution < 1.29 is 0 Å². The van der Waals surface area contributed by atoms with Gasteiger partial charge >= 0.3 is 0 Å². The van der Waals surface area contributed by atoms with Gasteiger partial charge in [-0.05, 0) is 6.92 Å². The Hall–Kier alpha value is -1.78. The van der Waals surface area contributed by atoms with Crippen LogP contribution in [-0.4, -0.2) is 19.9 Å². The number of fused-ring (bicyclic) bond motifs is 1. The number of anilines is 1. The summed E-state index contributed by atoms with van der Waals surface area (Å²) < 4.78 is 0. The number of nitrogen functional groups attached to an aromatic ring is 1. The predicted molar refractivity (Wildman–Crippen MR) is 44.3 cm³/mol. The molecule has 0 fully saturated rings. The minimum atomic E-state index is 0.224. The van der Waals surface area contributed by atoms with Gasteiger partial charge in [-0.3, -0.25) is 0 Å². The zero-order valence-electron chi connectivity index (χ0n) is 6.52. The molecule has 2 heterocycles. The van der Waals surface area contributed by atoms with Gasteiger partial charge in [0.05, 0.1) is 11.9 Å². The van der Waals surface area contributed by atoms with Crippen LogP contribution in [0.1, 0.15) is 5.69 Å². The molecule has 2 rings (SSSR count). The van der Waals surface area contributed by atoms with Crippen molar-refractivity contribution in [1.82, 2.24) is 19.9 Å². The summed E-state index contributed by atoms with van der Waals surface area (Å²) in [7, 11) is 0. The molecule has 0 spiro atoms. The molecule has 0 unspecified atom stereocenters. The van der Waals surface area contributed by atoms with Crippen LogP contribution in [0.25, 0.3) is 11.2 Å². The van der Waals surface area contributed by atoms with Crippen molar-refractivity contribution in [3.8, 4) is 0 Å². The average Bonchev–Trinajstić information content (AvgIpc) is 2.03. The standard InChI is InChI=1S/C7H7N5/c1-4-2-9-5-3-10-7(8)12-6(5)11-4/h2-3H,1H3,(H2,8,10,11,12). The number of nitrogens with two attached hydrogens (primary N) is 1. The molecule has 12 heavy (non-hydrogen) atoms. The van der Waals surface area contributed by atoms with Crippen LogP contribution in [0.2, 0.25) is 0 Å². The van der Waals surface area contributed by atoms with Crippen molar-refractivity contribution in [3.63, 3.8) is 0 Å². The minimum absolute atomic E-state index is 0.224. The molecule has 0 aliphatic carbocycles. The molecule has 0 amide bonds. The summed E-state index contributed by atoms with van der Waals surface area (Å²) >= 11 is 0. The van der Waals surface area contributed by atoms with Crippen LogP contribution >= 0.6 is 0 Å². The van der Waals surface area contributed by atoms with Crippen LogP contribution in [0, 0.1) is 6.92 Å². The van der Waals surface area contributed by atoms with Crippen LogP contribution in [0.15, 0.2) is 12.4 Å². The fraction of sp³-hybridized carbons (Fsp3) is 0.143. The Balaban J connectivity index is 2.80. The summed E-state index contributed by atoms with van der Waals surface area (Å²) in [5, 5.41) is 0. The molecule has 0 aromatic carbocycles. The van der Waals surface area contributed by atoms with Crippen molar-refractivity contribution in [2.75, 3.05) is 5.73 Å². The summed E-state index contributed by atoms with van der Waals surface area (Å²) in [6.07, 6.45) is 3.23. The lowest BCUT2D eigenvalue weighted by molar-refractivity contribution is 1.11. The SMILES string of the molecule is Cc1cnc2cnc(N)nc2n1. The first kappa shape index (κ1) is 6.90. The largest absolute Gasteiger partial charge is 0.368 e. The number of hydrogen-bond donors (Lipinski definition) is 1. The van der Waals surface area contributed by atoms with Crippen molar-refractivity contribution in [2.45, 2.75) is 6.92 Å². The quantitative estimate of drug-likeness (QED) is 0.601. The lowest BCUT2D eigenvalue weighted by atomic mass is 10.4. The zero-order chi connectivity index (χ0) is 8.55. The molecule has 0 saturated heterocycles. The van der Waals surface area contributed by atoms with Crippen molar-refractivity contribution >= 4 is 17.1 Å². The lowest BCUT2D eigenvalue weighted by Gasteiger charge is -1.96. The molecule has 0 aliphatic heterocycles. The number of nitrogens with zero attached hydrogens (tertiary/aromatic N) is 4. The molecule has 5 nitrogen and oxygen atoms in total. The van der Waals surface area contributed by atoms with Gasteiger partial charge in [0.15, 0.2) is 5.65 Å². The molecule has 5 heteroatoms. The first-order chi connectivity index (χ1) is 5.75. The number of aryl methyl sites for hydroxylation is 1. The van der Waals surface area contributed by atoms with Crippen LogP contribution < -0.4 is 5.73 Å². The minimum Gasteiger partial charge on any atom is -0.368 e. The first-order valence-corrected chi connectivity index (χ1v) is 3.47. The molecule has 0 atom stereocenters. The summed E-state index contributed by atoms with van der Waals surface area (Å²) in [5.41, 5.74) is 7.41. The van der Waals surface area contributed by atoms with Gasteiger partial charge in [0.25, 0.3) is 0 Å². The van der Waals surface area contributed by atoms with Gasteiger partial charge in [-0.25, -0.2) is 15.0 Å². The van der Waals surface area contributed by atoms with E-state index in [1.54, 1.807) is 12.4 Å². The summed E-state index contributed by atoms with van der Waals surface area (Å²) in [4.78, 5) is 16.0. The van der Waals surface area contributed by atoms with Gasteiger partial charge in [0.2, 0.25) is 5.95 Å². The topological polar surface area (TPSA) is 77.6 Å². The Morgan fingerprint density at radius 3 is 2.83 bits per heavy atom. The number of aromatic nitrogens is 4. The summed E-state index contributed by atoms with van der Waals surface area (Å²) in [6.45, 7) is 1.85. The van der Waals surface area contributed by atoms with Gasteiger partial charge in [-0.15, -0.1) is 0 Å². The van der Waals surface area contributed by atoms with Gasteiger partial charge in [-0.1, -0.05) is 0 Å². The average molecular weight is 161 g/mol. The molecule has 60 valence electrons. The fourth-order valence-corrected chi connectivity index (χ4v) is 0.912. The Kier molecular flexibility index (Phi) is 1.36. The Morgan fingerprint density at radius 2 is 2.00 bits per heavy atom. The molecule has 2 N–H and O–H groups in total. The van der Waals surface area contributed by atoms with E-state index in [2.05, 4.69) is 19.9 Å². The van der Waals surface area contributed by atoms with Crippen LogP contribution in [0.3, 0.4) is 0 Å². The normalized spacial score (nSPS) is 10.4. The Bertz CT molecular complexity index is 388. The van der Waals surface area contributed by atoms with E-state index < -0.39 is 0 Å². The smallest absolute Gasteiger partial charge is 0.222 e. The maximum atomic E-state index is 5.38. The second kappa shape index (κ2) is 2.37. The van der Waals surface area contributed by atoms with Crippen LogP contribution in [0.4, 0.5) is 5.95 Å². The van der Waals surface area contributed by atoms with Crippen molar-refractivity contribution in [2.24, 2.45) is 0 Å². The predicted octanol–water partition coefficient (Wildman–Crippen LogP) is 0.310. The summed E-state index contributed by atoms with van der Waals surface area (Å²) in [6, 6.07) is 0. The van der Waals surface area contributed by atoms with E-state index in [-0.39, 0.29) is 5.95 Å². The second-order valence-electron chi connectivity index (χ2n) is 2.45. The maximum absolute atomic E-state index is 5.38. The number of rotatable bonds is 0. The molecule has 0 radical (unpaired) electrons. The highest BCUT2D eigenvalue weighted by Crippen LogP contribution is 2.05. The van der Waals surface area contributed by atoms with Crippen molar-refractivity contribution in [3.05, 3.63) is 18.1 Å². The highest BCUT2D eigenvalue weighted by molar-refractivity contribution is 5.69. The lowest BCUT2D eigenvalue weighted by Crippen LogP contribution is -1.97. The Morgan fingerprint density at radius 1 is 1.17 bits per heavy atom. The van der Waals surface area contributed by atoms with Crippen LogP contribution in [-0.2, 0) is 0 Å².